The highest BCUT2D eigenvalue weighted by Gasteiger charge is 2.23. The van der Waals surface area contributed by atoms with E-state index in [0.29, 0.717) is 42.5 Å². The Labute approximate surface area is 164 Å². The number of nitrogens with one attached hydrogen (secondary N) is 1. The monoisotopic (exact) mass is 387 g/mol. The highest BCUT2D eigenvalue weighted by atomic mass is 16.5. The Bertz CT molecular complexity index is 776. The molecule has 2 amide bonds. The first-order valence-corrected chi connectivity index (χ1v) is 9.17. The molecule has 1 aromatic heterocycles. The average molecular weight is 387 g/mol. The lowest BCUT2D eigenvalue weighted by atomic mass is 10.1. The molecular weight excluding hydrogens is 362 g/mol. The summed E-state index contributed by atoms with van der Waals surface area (Å²) in [4.78, 5) is 28.7. The Morgan fingerprint density at radius 1 is 1.07 bits per heavy atom. The van der Waals surface area contributed by atoms with Crippen molar-refractivity contribution >= 4 is 11.8 Å². The number of nitrogens with zero attached hydrogens (tertiary/aromatic N) is 2. The molecular formula is C20H25N3O5. The molecule has 1 saturated heterocycles. The van der Waals surface area contributed by atoms with Crippen molar-refractivity contribution in [3.8, 4) is 11.5 Å². The second kappa shape index (κ2) is 9.27. The summed E-state index contributed by atoms with van der Waals surface area (Å²) < 4.78 is 15.5. The minimum atomic E-state index is -0.217. The van der Waals surface area contributed by atoms with Gasteiger partial charge in [0, 0.05) is 50.9 Å². The number of hydrogen-bond acceptors (Lipinski definition) is 6. The van der Waals surface area contributed by atoms with Crippen molar-refractivity contribution in [3.63, 3.8) is 0 Å². The molecule has 2 aromatic rings. The first-order chi connectivity index (χ1) is 13.6. The van der Waals surface area contributed by atoms with Crippen LogP contribution in [-0.4, -0.2) is 75.1 Å². The zero-order valence-electron chi connectivity index (χ0n) is 16.1. The van der Waals surface area contributed by atoms with Gasteiger partial charge in [-0.3, -0.25) is 14.5 Å². The van der Waals surface area contributed by atoms with E-state index in [-0.39, 0.29) is 11.8 Å². The van der Waals surface area contributed by atoms with Crippen molar-refractivity contribution in [2.24, 2.45) is 0 Å². The second-order valence-corrected chi connectivity index (χ2v) is 6.47. The summed E-state index contributed by atoms with van der Waals surface area (Å²) in [5.74, 6) is 1.24. The molecule has 1 N–H and O–H groups in total. The van der Waals surface area contributed by atoms with E-state index in [1.165, 1.54) is 6.26 Å². The van der Waals surface area contributed by atoms with Crippen molar-refractivity contribution in [1.82, 2.24) is 15.1 Å². The summed E-state index contributed by atoms with van der Waals surface area (Å²) in [6.07, 6.45) is 1.48. The summed E-state index contributed by atoms with van der Waals surface area (Å²) in [6.45, 7) is 4.02. The number of benzene rings is 1. The van der Waals surface area contributed by atoms with Gasteiger partial charge in [0.2, 0.25) is 0 Å². The molecule has 3 rings (SSSR count). The van der Waals surface area contributed by atoms with Gasteiger partial charge in [0.15, 0.2) is 5.76 Å². The smallest absolute Gasteiger partial charge is 0.287 e. The van der Waals surface area contributed by atoms with Crippen molar-refractivity contribution in [3.05, 3.63) is 47.9 Å². The maximum absolute atomic E-state index is 12.8. The van der Waals surface area contributed by atoms with Crippen LogP contribution in [0.25, 0.3) is 0 Å². The van der Waals surface area contributed by atoms with Gasteiger partial charge in [0.25, 0.3) is 11.8 Å². The molecule has 8 heteroatoms. The lowest BCUT2D eigenvalue weighted by Crippen LogP contribution is -2.50. The molecule has 0 bridgehead atoms. The van der Waals surface area contributed by atoms with E-state index in [2.05, 4.69) is 10.2 Å². The van der Waals surface area contributed by atoms with Crippen LogP contribution in [0.5, 0.6) is 11.5 Å². The lowest BCUT2D eigenvalue weighted by Gasteiger charge is -2.34. The zero-order valence-corrected chi connectivity index (χ0v) is 16.1. The van der Waals surface area contributed by atoms with Crippen molar-refractivity contribution in [2.45, 2.75) is 0 Å². The number of rotatable bonds is 7. The van der Waals surface area contributed by atoms with Gasteiger partial charge in [-0.25, -0.2) is 0 Å². The van der Waals surface area contributed by atoms with Gasteiger partial charge >= 0.3 is 0 Å². The van der Waals surface area contributed by atoms with E-state index in [0.717, 1.165) is 19.6 Å². The summed E-state index contributed by atoms with van der Waals surface area (Å²) in [6, 6.07) is 8.50. The van der Waals surface area contributed by atoms with Gasteiger partial charge < -0.3 is 24.1 Å². The third kappa shape index (κ3) is 4.83. The number of amides is 2. The van der Waals surface area contributed by atoms with E-state index in [9.17, 15) is 9.59 Å². The van der Waals surface area contributed by atoms with Gasteiger partial charge in [-0.2, -0.15) is 0 Å². The van der Waals surface area contributed by atoms with E-state index >= 15 is 0 Å². The quantitative estimate of drug-likeness (QED) is 0.775. The SMILES string of the molecule is COc1cc(OC)cc(C(=O)N2CCN(CCNC(=O)c3ccco3)CC2)c1. The van der Waals surface area contributed by atoms with Crippen LogP contribution < -0.4 is 14.8 Å². The largest absolute Gasteiger partial charge is 0.497 e. The molecule has 0 saturated carbocycles. The minimum Gasteiger partial charge on any atom is -0.497 e. The first kappa shape index (κ1) is 19.8. The molecule has 1 aliphatic rings. The predicted octanol–water partition coefficient (Wildman–Crippen LogP) is 1.48. The molecule has 0 radical (unpaired) electrons. The topological polar surface area (TPSA) is 84.3 Å². The standard InChI is InChI=1S/C20H25N3O5/c1-26-16-12-15(13-17(14-16)27-2)20(25)23-9-7-22(8-10-23)6-5-21-19(24)18-4-3-11-28-18/h3-4,11-14H,5-10H2,1-2H3,(H,21,24). The molecule has 0 unspecified atom stereocenters. The highest BCUT2D eigenvalue weighted by molar-refractivity contribution is 5.95. The number of ether oxygens (including phenoxy) is 2. The molecule has 1 aliphatic heterocycles. The Morgan fingerprint density at radius 3 is 2.32 bits per heavy atom. The molecule has 0 spiro atoms. The van der Waals surface area contributed by atoms with Crippen molar-refractivity contribution in [1.29, 1.82) is 0 Å². The molecule has 2 heterocycles. The van der Waals surface area contributed by atoms with Gasteiger partial charge in [0.1, 0.15) is 11.5 Å². The number of hydrogen-bond donors (Lipinski definition) is 1. The van der Waals surface area contributed by atoms with Crippen LogP contribution in [0.3, 0.4) is 0 Å². The van der Waals surface area contributed by atoms with Crippen LogP contribution in [0.2, 0.25) is 0 Å². The van der Waals surface area contributed by atoms with Crippen molar-refractivity contribution in [2.75, 3.05) is 53.5 Å². The average Bonchev–Trinajstić information content (AvgIpc) is 3.28. The highest BCUT2D eigenvalue weighted by Crippen LogP contribution is 2.23. The summed E-state index contributed by atoms with van der Waals surface area (Å²) in [7, 11) is 3.12. The fourth-order valence-corrected chi connectivity index (χ4v) is 3.11. The van der Waals surface area contributed by atoms with E-state index < -0.39 is 0 Å². The lowest BCUT2D eigenvalue weighted by molar-refractivity contribution is 0.0637. The third-order valence-electron chi connectivity index (χ3n) is 4.72. The van der Waals surface area contributed by atoms with Crippen molar-refractivity contribution < 1.29 is 23.5 Å². The fraction of sp³-hybridized carbons (Fsp3) is 0.400. The molecule has 150 valence electrons. The van der Waals surface area contributed by atoms with Gasteiger partial charge in [-0.1, -0.05) is 0 Å². The predicted molar refractivity (Wildman–Crippen MR) is 103 cm³/mol. The summed E-state index contributed by atoms with van der Waals surface area (Å²) in [5, 5.41) is 2.83. The van der Waals surface area contributed by atoms with E-state index in [1.807, 2.05) is 4.90 Å². The maximum atomic E-state index is 12.8. The maximum Gasteiger partial charge on any atom is 0.287 e. The van der Waals surface area contributed by atoms with E-state index in [4.69, 9.17) is 13.9 Å². The van der Waals surface area contributed by atoms with Gasteiger partial charge in [-0.15, -0.1) is 0 Å². The number of methoxy groups -OCH3 is 2. The Hall–Kier alpha value is -3.00. The molecule has 0 atom stereocenters. The van der Waals surface area contributed by atoms with Gasteiger partial charge in [0.05, 0.1) is 20.5 Å². The molecule has 0 aliphatic carbocycles. The van der Waals surface area contributed by atoms with Crippen LogP contribution in [-0.2, 0) is 0 Å². The van der Waals surface area contributed by atoms with Crippen LogP contribution >= 0.6 is 0 Å². The third-order valence-corrected chi connectivity index (χ3v) is 4.72. The normalized spacial score (nSPS) is 14.6. The number of furan rings is 1. The number of carbonyl (C=O) groups excluding carboxylic acids is 2. The minimum absolute atomic E-state index is 0.0389. The van der Waals surface area contributed by atoms with Crippen LogP contribution in [0, 0.1) is 0 Å². The van der Waals surface area contributed by atoms with Crippen LogP contribution in [0.1, 0.15) is 20.9 Å². The van der Waals surface area contributed by atoms with Crippen LogP contribution in [0.15, 0.2) is 41.0 Å². The molecule has 1 fully saturated rings. The van der Waals surface area contributed by atoms with E-state index in [1.54, 1.807) is 44.6 Å². The second-order valence-electron chi connectivity index (χ2n) is 6.47. The number of piperazine rings is 1. The van der Waals surface area contributed by atoms with Gasteiger partial charge in [-0.05, 0) is 24.3 Å². The first-order valence-electron chi connectivity index (χ1n) is 9.17. The molecule has 8 nitrogen and oxygen atoms in total. The molecule has 1 aromatic carbocycles. The Balaban J connectivity index is 1.47. The zero-order chi connectivity index (χ0) is 19.9. The summed E-state index contributed by atoms with van der Waals surface area (Å²) in [5.41, 5.74) is 0.551. The fourth-order valence-electron chi connectivity index (χ4n) is 3.11. The Kier molecular flexibility index (Phi) is 6.54. The summed E-state index contributed by atoms with van der Waals surface area (Å²) >= 11 is 0. The molecule has 28 heavy (non-hydrogen) atoms. The number of carbonyl (C=O) groups is 2. The Morgan fingerprint density at radius 2 is 1.75 bits per heavy atom. The van der Waals surface area contributed by atoms with Crippen LogP contribution in [0.4, 0.5) is 0 Å².